The number of hydrogen-bond acceptors (Lipinski definition) is 1. The van der Waals surface area contributed by atoms with E-state index in [1.165, 1.54) is 0 Å². The van der Waals surface area contributed by atoms with Gasteiger partial charge in [0.05, 0.1) is 5.56 Å². The van der Waals surface area contributed by atoms with Crippen molar-refractivity contribution in [3.63, 3.8) is 0 Å². The minimum atomic E-state index is -0.909. The van der Waals surface area contributed by atoms with Gasteiger partial charge in [-0.25, -0.2) is 4.79 Å². The Balaban J connectivity index is 2.24. The fraction of sp³-hybridized carbons (Fsp3) is 0. The Morgan fingerprint density at radius 1 is 0.619 bits per heavy atom. The SMILES string of the molecule is O=C(O)c1ccccc1-c1ccccc1-c1ccccc1. The third-order valence-corrected chi connectivity index (χ3v) is 3.46. The average molecular weight is 274 g/mol. The first-order valence-corrected chi connectivity index (χ1v) is 6.74. The van der Waals surface area contributed by atoms with Gasteiger partial charge in [-0.1, -0.05) is 72.8 Å². The molecular weight excluding hydrogens is 260 g/mol. The molecule has 0 spiro atoms. The molecule has 21 heavy (non-hydrogen) atoms. The second-order valence-corrected chi connectivity index (χ2v) is 4.76. The number of carboxylic acids is 1. The molecule has 0 aliphatic rings. The number of rotatable bonds is 3. The van der Waals surface area contributed by atoms with E-state index >= 15 is 0 Å². The van der Waals surface area contributed by atoms with Crippen molar-refractivity contribution in [1.82, 2.24) is 0 Å². The standard InChI is InChI=1S/C19H14O2/c20-19(21)18-13-7-6-12-17(18)16-11-5-4-10-15(16)14-8-2-1-3-9-14/h1-13H,(H,20,21). The number of carbonyl (C=O) groups is 1. The van der Waals surface area contributed by atoms with Gasteiger partial charge in [0.15, 0.2) is 0 Å². The molecule has 3 rings (SSSR count). The van der Waals surface area contributed by atoms with E-state index in [0.717, 1.165) is 22.3 Å². The van der Waals surface area contributed by atoms with Gasteiger partial charge in [-0.3, -0.25) is 0 Å². The molecule has 0 saturated carbocycles. The Labute approximate surface area is 123 Å². The van der Waals surface area contributed by atoms with Crippen molar-refractivity contribution in [2.75, 3.05) is 0 Å². The second-order valence-electron chi connectivity index (χ2n) is 4.76. The molecule has 3 aromatic rings. The van der Waals surface area contributed by atoms with Crippen molar-refractivity contribution >= 4 is 5.97 Å². The fourth-order valence-corrected chi connectivity index (χ4v) is 2.49. The van der Waals surface area contributed by atoms with Crippen LogP contribution in [0.5, 0.6) is 0 Å². The monoisotopic (exact) mass is 274 g/mol. The molecule has 0 saturated heterocycles. The van der Waals surface area contributed by atoms with Crippen molar-refractivity contribution < 1.29 is 9.90 Å². The van der Waals surface area contributed by atoms with E-state index in [2.05, 4.69) is 0 Å². The van der Waals surface area contributed by atoms with Crippen LogP contribution in [0.1, 0.15) is 10.4 Å². The molecular formula is C19H14O2. The second kappa shape index (κ2) is 5.63. The van der Waals surface area contributed by atoms with Crippen LogP contribution in [0.15, 0.2) is 78.9 Å². The molecule has 2 heteroatoms. The maximum atomic E-state index is 11.4. The van der Waals surface area contributed by atoms with Crippen LogP contribution >= 0.6 is 0 Å². The number of hydrogen-bond donors (Lipinski definition) is 1. The maximum absolute atomic E-state index is 11.4. The van der Waals surface area contributed by atoms with E-state index < -0.39 is 5.97 Å². The van der Waals surface area contributed by atoms with Crippen LogP contribution < -0.4 is 0 Å². The van der Waals surface area contributed by atoms with Crippen LogP contribution in [-0.2, 0) is 0 Å². The van der Waals surface area contributed by atoms with Crippen LogP contribution in [0.4, 0.5) is 0 Å². The van der Waals surface area contributed by atoms with E-state index in [1.807, 2.05) is 66.7 Å². The minimum Gasteiger partial charge on any atom is -0.478 e. The fourth-order valence-electron chi connectivity index (χ4n) is 2.49. The largest absolute Gasteiger partial charge is 0.478 e. The number of carboxylic acid groups (broad SMARTS) is 1. The predicted molar refractivity (Wildman–Crippen MR) is 84.3 cm³/mol. The van der Waals surface area contributed by atoms with Crippen molar-refractivity contribution in [3.8, 4) is 22.3 Å². The van der Waals surface area contributed by atoms with E-state index in [4.69, 9.17) is 0 Å². The Hall–Kier alpha value is -2.87. The van der Waals surface area contributed by atoms with Gasteiger partial charge in [-0.05, 0) is 28.3 Å². The summed E-state index contributed by atoms with van der Waals surface area (Å²) < 4.78 is 0. The van der Waals surface area contributed by atoms with Gasteiger partial charge in [0.25, 0.3) is 0 Å². The highest BCUT2D eigenvalue weighted by atomic mass is 16.4. The zero-order valence-electron chi connectivity index (χ0n) is 11.4. The summed E-state index contributed by atoms with van der Waals surface area (Å²) in [4.78, 5) is 11.4. The highest BCUT2D eigenvalue weighted by molar-refractivity contribution is 5.98. The lowest BCUT2D eigenvalue weighted by Gasteiger charge is -2.12. The Morgan fingerprint density at radius 2 is 1.14 bits per heavy atom. The normalized spacial score (nSPS) is 10.3. The lowest BCUT2D eigenvalue weighted by atomic mass is 9.92. The minimum absolute atomic E-state index is 0.320. The first kappa shape index (κ1) is 13.1. The Bertz CT molecular complexity index is 776. The quantitative estimate of drug-likeness (QED) is 0.750. The highest BCUT2D eigenvalue weighted by Gasteiger charge is 2.14. The van der Waals surface area contributed by atoms with Gasteiger partial charge in [0.2, 0.25) is 0 Å². The van der Waals surface area contributed by atoms with Crippen LogP contribution in [-0.4, -0.2) is 11.1 Å². The van der Waals surface area contributed by atoms with Crippen molar-refractivity contribution in [2.45, 2.75) is 0 Å². The highest BCUT2D eigenvalue weighted by Crippen LogP contribution is 2.33. The third-order valence-electron chi connectivity index (χ3n) is 3.46. The smallest absolute Gasteiger partial charge is 0.336 e. The first-order valence-electron chi connectivity index (χ1n) is 6.74. The van der Waals surface area contributed by atoms with E-state index in [9.17, 15) is 9.90 Å². The van der Waals surface area contributed by atoms with Crippen molar-refractivity contribution in [1.29, 1.82) is 0 Å². The van der Waals surface area contributed by atoms with Gasteiger partial charge >= 0.3 is 5.97 Å². The zero-order chi connectivity index (χ0) is 14.7. The molecule has 0 fully saturated rings. The lowest BCUT2D eigenvalue weighted by molar-refractivity contribution is 0.0698. The molecule has 0 atom stereocenters. The molecule has 0 aliphatic heterocycles. The van der Waals surface area contributed by atoms with E-state index in [1.54, 1.807) is 12.1 Å². The molecule has 0 aliphatic carbocycles. The number of aromatic carboxylic acids is 1. The molecule has 0 amide bonds. The summed E-state index contributed by atoms with van der Waals surface area (Å²) in [5.41, 5.74) is 4.10. The summed E-state index contributed by atoms with van der Waals surface area (Å²) in [7, 11) is 0. The zero-order valence-corrected chi connectivity index (χ0v) is 11.4. The van der Waals surface area contributed by atoms with Gasteiger partial charge in [-0.15, -0.1) is 0 Å². The van der Waals surface area contributed by atoms with E-state index in [0.29, 0.717) is 5.56 Å². The summed E-state index contributed by atoms with van der Waals surface area (Å²) in [6.45, 7) is 0. The molecule has 0 radical (unpaired) electrons. The molecule has 2 nitrogen and oxygen atoms in total. The first-order chi connectivity index (χ1) is 10.3. The Kier molecular flexibility index (Phi) is 3.52. The lowest BCUT2D eigenvalue weighted by Crippen LogP contribution is -1.99. The molecule has 0 aromatic heterocycles. The molecule has 0 heterocycles. The summed E-state index contributed by atoms with van der Waals surface area (Å²) in [6, 6.07) is 25.0. The molecule has 1 N–H and O–H groups in total. The molecule has 0 unspecified atom stereocenters. The summed E-state index contributed by atoms with van der Waals surface area (Å²) in [5, 5.41) is 9.39. The van der Waals surface area contributed by atoms with Gasteiger partial charge < -0.3 is 5.11 Å². The predicted octanol–water partition coefficient (Wildman–Crippen LogP) is 4.72. The third kappa shape index (κ3) is 2.56. The van der Waals surface area contributed by atoms with E-state index in [-0.39, 0.29) is 0 Å². The van der Waals surface area contributed by atoms with Crippen molar-refractivity contribution in [2.24, 2.45) is 0 Å². The topological polar surface area (TPSA) is 37.3 Å². The average Bonchev–Trinajstić information content (AvgIpc) is 2.55. The van der Waals surface area contributed by atoms with Gasteiger partial charge in [-0.2, -0.15) is 0 Å². The van der Waals surface area contributed by atoms with Gasteiger partial charge in [0, 0.05) is 0 Å². The summed E-state index contributed by atoms with van der Waals surface area (Å²) in [6.07, 6.45) is 0. The maximum Gasteiger partial charge on any atom is 0.336 e. The van der Waals surface area contributed by atoms with Crippen molar-refractivity contribution in [3.05, 3.63) is 84.4 Å². The summed E-state index contributed by atoms with van der Waals surface area (Å²) >= 11 is 0. The van der Waals surface area contributed by atoms with Crippen LogP contribution in [0.3, 0.4) is 0 Å². The van der Waals surface area contributed by atoms with Crippen LogP contribution in [0.2, 0.25) is 0 Å². The van der Waals surface area contributed by atoms with Crippen LogP contribution in [0, 0.1) is 0 Å². The molecule has 3 aromatic carbocycles. The molecule has 102 valence electrons. The van der Waals surface area contributed by atoms with Crippen LogP contribution in [0.25, 0.3) is 22.3 Å². The number of benzene rings is 3. The van der Waals surface area contributed by atoms with Gasteiger partial charge in [0.1, 0.15) is 0 Å². The molecule has 0 bridgehead atoms. The summed E-state index contributed by atoms with van der Waals surface area (Å²) in [5.74, 6) is -0.909. The Morgan fingerprint density at radius 3 is 1.81 bits per heavy atom.